The molecular weight excluding hydrogens is 274 g/mol. The maximum atomic E-state index is 11.2. The largest absolute Gasteiger partial charge is 0.428 e. The topological polar surface area (TPSA) is 108 Å². The minimum absolute atomic E-state index is 0.191. The van der Waals surface area contributed by atoms with Gasteiger partial charge < -0.3 is 18.9 Å². The zero-order valence-corrected chi connectivity index (χ0v) is 11.5. The number of hydrogen-bond donors (Lipinski definition) is 0. The Balaban J connectivity index is 3.77. The van der Waals surface area contributed by atoms with E-state index in [0.717, 1.165) is 0 Å². The fourth-order valence-electron chi connectivity index (χ4n) is 0.944. The molecule has 0 rings (SSSR count). The van der Waals surface area contributed by atoms with E-state index in [-0.39, 0.29) is 13.1 Å². The van der Waals surface area contributed by atoms with Gasteiger partial charge in [-0.2, -0.15) is 0 Å². The molecule has 0 aromatic carbocycles. The standard InChI is InChI=1S/C11H17NO8/c1-8(13)17-6-19-10(15)4-12(3)5-11(16)20-7-18-9(2)14/h4-7H2,1-3H3. The Morgan fingerprint density at radius 3 is 1.40 bits per heavy atom. The predicted molar refractivity (Wildman–Crippen MR) is 62.9 cm³/mol. The molecule has 0 amide bonds. The van der Waals surface area contributed by atoms with Crippen LogP contribution >= 0.6 is 0 Å². The first-order valence-corrected chi connectivity index (χ1v) is 5.57. The number of carbonyl (C=O) groups excluding carboxylic acids is 4. The van der Waals surface area contributed by atoms with Gasteiger partial charge in [0.15, 0.2) is 0 Å². The van der Waals surface area contributed by atoms with E-state index < -0.39 is 37.5 Å². The summed E-state index contributed by atoms with van der Waals surface area (Å²) in [5.41, 5.74) is 0. The fraction of sp³-hybridized carbons (Fsp3) is 0.636. The van der Waals surface area contributed by atoms with Crippen LogP contribution in [0.2, 0.25) is 0 Å². The van der Waals surface area contributed by atoms with Crippen LogP contribution in [0.5, 0.6) is 0 Å². The minimum atomic E-state index is -0.665. The van der Waals surface area contributed by atoms with Crippen LogP contribution in [0.3, 0.4) is 0 Å². The third-order valence-electron chi connectivity index (χ3n) is 1.76. The molecule has 0 aromatic heterocycles. The van der Waals surface area contributed by atoms with E-state index in [2.05, 4.69) is 18.9 Å². The van der Waals surface area contributed by atoms with Gasteiger partial charge in [-0.25, -0.2) is 0 Å². The van der Waals surface area contributed by atoms with Crippen LogP contribution in [0.15, 0.2) is 0 Å². The van der Waals surface area contributed by atoms with Gasteiger partial charge in [0, 0.05) is 13.8 Å². The molecule has 114 valence electrons. The highest BCUT2D eigenvalue weighted by Gasteiger charge is 2.13. The Kier molecular flexibility index (Phi) is 8.68. The highest BCUT2D eigenvalue weighted by Crippen LogP contribution is 1.90. The van der Waals surface area contributed by atoms with Gasteiger partial charge >= 0.3 is 23.9 Å². The maximum absolute atomic E-state index is 11.2. The molecule has 0 aromatic rings. The average Bonchev–Trinajstić information content (AvgIpc) is 2.26. The SMILES string of the molecule is CC(=O)OCOC(=O)CN(C)CC(=O)OCOC(C)=O. The quantitative estimate of drug-likeness (QED) is 0.413. The van der Waals surface area contributed by atoms with Crippen molar-refractivity contribution in [2.75, 3.05) is 33.7 Å². The van der Waals surface area contributed by atoms with Gasteiger partial charge in [0.1, 0.15) is 0 Å². The van der Waals surface area contributed by atoms with Crippen LogP contribution in [-0.4, -0.2) is 62.5 Å². The summed E-state index contributed by atoms with van der Waals surface area (Å²) in [4.78, 5) is 44.7. The van der Waals surface area contributed by atoms with Crippen molar-refractivity contribution in [1.82, 2.24) is 4.90 Å². The van der Waals surface area contributed by atoms with Gasteiger partial charge in [-0.1, -0.05) is 0 Å². The number of carbonyl (C=O) groups is 4. The van der Waals surface area contributed by atoms with E-state index in [1.807, 2.05) is 0 Å². The lowest BCUT2D eigenvalue weighted by atomic mass is 10.5. The summed E-state index contributed by atoms with van der Waals surface area (Å²) in [6.07, 6.45) is 0. The number of hydrogen-bond acceptors (Lipinski definition) is 9. The fourth-order valence-corrected chi connectivity index (χ4v) is 0.944. The first-order valence-electron chi connectivity index (χ1n) is 5.57. The second-order valence-corrected chi connectivity index (χ2v) is 3.71. The molecule has 0 bridgehead atoms. The van der Waals surface area contributed by atoms with E-state index in [4.69, 9.17) is 0 Å². The second-order valence-electron chi connectivity index (χ2n) is 3.71. The molecule has 0 unspecified atom stereocenters. The third-order valence-corrected chi connectivity index (χ3v) is 1.76. The van der Waals surface area contributed by atoms with Crippen LogP contribution in [-0.2, 0) is 38.1 Å². The van der Waals surface area contributed by atoms with Gasteiger partial charge in [0.2, 0.25) is 13.6 Å². The second kappa shape index (κ2) is 9.73. The zero-order chi connectivity index (χ0) is 15.5. The Labute approximate surface area is 115 Å². The molecular formula is C11H17NO8. The van der Waals surface area contributed by atoms with E-state index in [1.54, 1.807) is 0 Å². The molecule has 0 aliphatic heterocycles. The van der Waals surface area contributed by atoms with Crippen molar-refractivity contribution in [1.29, 1.82) is 0 Å². The molecule has 0 atom stereocenters. The molecule has 0 radical (unpaired) electrons. The average molecular weight is 291 g/mol. The van der Waals surface area contributed by atoms with Crippen LogP contribution < -0.4 is 0 Å². The Bertz CT molecular complexity index is 333. The lowest BCUT2D eigenvalue weighted by molar-refractivity contribution is -0.167. The minimum Gasteiger partial charge on any atom is -0.428 e. The Hall–Kier alpha value is -2.16. The summed E-state index contributed by atoms with van der Waals surface area (Å²) in [6, 6.07) is 0. The Morgan fingerprint density at radius 2 is 1.10 bits per heavy atom. The van der Waals surface area contributed by atoms with Crippen molar-refractivity contribution in [3.8, 4) is 0 Å². The van der Waals surface area contributed by atoms with Crippen LogP contribution in [0, 0.1) is 0 Å². The van der Waals surface area contributed by atoms with Crippen LogP contribution in [0.1, 0.15) is 13.8 Å². The van der Waals surface area contributed by atoms with Gasteiger partial charge in [-0.3, -0.25) is 24.1 Å². The van der Waals surface area contributed by atoms with Crippen molar-refractivity contribution in [3.05, 3.63) is 0 Å². The summed E-state index contributed by atoms with van der Waals surface area (Å²) >= 11 is 0. The first-order chi connectivity index (χ1) is 9.31. The molecule has 0 saturated heterocycles. The molecule has 9 nitrogen and oxygen atoms in total. The van der Waals surface area contributed by atoms with Crippen molar-refractivity contribution >= 4 is 23.9 Å². The summed E-state index contributed by atoms with van der Waals surface area (Å²) < 4.78 is 18.0. The van der Waals surface area contributed by atoms with E-state index in [0.29, 0.717) is 0 Å². The molecule has 0 saturated carbocycles. The summed E-state index contributed by atoms with van der Waals surface area (Å²) in [5, 5.41) is 0. The van der Waals surface area contributed by atoms with Gasteiger partial charge in [-0.05, 0) is 7.05 Å². The molecule has 0 fully saturated rings. The lowest BCUT2D eigenvalue weighted by Crippen LogP contribution is -2.33. The zero-order valence-electron chi connectivity index (χ0n) is 11.5. The van der Waals surface area contributed by atoms with Gasteiger partial charge in [0.05, 0.1) is 13.1 Å². The molecule has 9 heteroatoms. The number of rotatable bonds is 8. The lowest BCUT2D eigenvalue weighted by Gasteiger charge is -2.14. The molecule has 0 heterocycles. The summed E-state index contributed by atoms with van der Waals surface area (Å²) in [5.74, 6) is -2.47. The van der Waals surface area contributed by atoms with Crippen molar-refractivity contribution in [2.45, 2.75) is 13.8 Å². The predicted octanol–water partition coefficient (Wildman–Crippen LogP) is -0.954. The monoisotopic (exact) mass is 291 g/mol. The van der Waals surface area contributed by atoms with E-state index in [1.165, 1.54) is 25.8 Å². The van der Waals surface area contributed by atoms with Crippen molar-refractivity contribution in [2.24, 2.45) is 0 Å². The first kappa shape index (κ1) is 17.8. The maximum Gasteiger partial charge on any atom is 0.323 e. The number of ether oxygens (including phenoxy) is 4. The van der Waals surface area contributed by atoms with Gasteiger partial charge in [-0.15, -0.1) is 0 Å². The van der Waals surface area contributed by atoms with Crippen molar-refractivity contribution < 1.29 is 38.1 Å². The molecule has 0 aliphatic carbocycles. The number of nitrogens with zero attached hydrogens (tertiary/aromatic N) is 1. The molecule has 0 N–H and O–H groups in total. The van der Waals surface area contributed by atoms with Crippen LogP contribution in [0.25, 0.3) is 0 Å². The molecule has 0 aliphatic rings. The Morgan fingerprint density at radius 1 is 0.750 bits per heavy atom. The summed E-state index contributed by atoms with van der Waals surface area (Å²) in [7, 11) is 1.49. The van der Waals surface area contributed by atoms with Crippen LogP contribution in [0.4, 0.5) is 0 Å². The smallest absolute Gasteiger partial charge is 0.323 e. The third kappa shape index (κ3) is 11.0. The number of likely N-dealkylation sites (N-methyl/N-ethyl adjacent to an activating group) is 1. The van der Waals surface area contributed by atoms with E-state index in [9.17, 15) is 19.2 Å². The highest BCUT2D eigenvalue weighted by atomic mass is 16.7. The summed E-state index contributed by atoms with van der Waals surface area (Å²) in [6.45, 7) is 1.03. The van der Waals surface area contributed by atoms with Crippen molar-refractivity contribution in [3.63, 3.8) is 0 Å². The number of esters is 4. The molecule has 0 spiro atoms. The highest BCUT2D eigenvalue weighted by molar-refractivity contribution is 5.75. The normalized spacial score (nSPS) is 9.80. The van der Waals surface area contributed by atoms with E-state index >= 15 is 0 Å². The molecule has 20 heavy (non-hydrogen) atoms. The van der Waals surface area contributed by atoms with Gasteiger partial charge in [0.25, 0.3) is 0 Å².